The summed E-state index contributed by atoms with van der Waals surface area (Å²) in [6.45, 7) is 0. The molecule has 0 atom stereocenters. The lowest BCUT2D eigenvalue weighted by Crippen LogP contribution is -1.93. The Hall–Kier alpha value is -7.60. The second-order valence-corrected chi connectivity index (χ2v) is 12.9. The van der Waals surface area contributed by atoms with Gasteiger partial charge in [0.1, 0.15) is 23.2 Å². The highest BCUT2D eigenvalue weighted by Gasteiger charge is 2.22. The molecule has 0 bridgehead atoms. The van der Waals surface area contributed by atoms with E-state index in [1.807, 2.05) is 54.6 Å². The van der Waals surface area contributed by atoms with Crippen molar-refractivity contribution in [3.8, 4) is 78.9 Å². The van der Waals surface area contributed by atoms with Crippen LogP contribution in [0.2, 0.25) is 0 Å². The number of rotatable bonds is 6. The first kappa shape index (κ1) is 31.4. The Bertz CT molecular complexity index is 2770. The Morgan fingerprint density at radius 3 is 1.19 bits per heavy atom. The predicted molar refractivity (Wildman–Crippen MR) is 211 cm³/mol. The maximum atomic E-state index is 10.1. The molecular weight excluding hydrogens is 649 g/mol. The number of nitrogens with zero attached hydrogens (tertiary/aromatic N) is 4. The summed E-state index contributed by atoms with van der Waals surface area (Å²) in [5.41, 5.74) is 13.6. The molecule has 9 aromatic rings. The van der Waals surface area contributed by atoms with Crippen molar-refractivity contribution >= 4 is 22.1 Å². The molecule has 9 rings (SSSR count). The minimum Gasteiger partial charge on any atom is -0.451 e. The van der Waals surface area contributed by atoms with Gasteiger partial charge in [0.2, 0.25) is 5.82 Å². The Kier molecular flexibility index (Phi) is 7.86. The molecule has 0 radical (unpaired) electrons. The van der Waals surface area contributed by atoms with Crippen LogP contribution in [-0.4, -0.2) is 9.97 Å². The molecule has 0 amide bonds. The molecule has 2 aromatic heterocycles. The molecular formula is C48H28N4O. The van der Waals surface area contributed by atoms with Crippen molar-refractivity contribution < 1.29 is 4.42 Å². The molecule has 0 saturated carbocycles. The lowest BCUT2D eigenvalue weighted by molar-refractivity contribution is 0.664. The average Bonchev–Trinajstić information content (AvgIpc) is 3.62. The molecule has 0 fully saturated rings. The van der Waals surface area contributed by atoms with Gasteiger partial charge < -0.3 is 4.42 Å². The van der Waals surface area contributed by atoms with E-state index in [0.717, 1.165) is 66.8 Å². The van der Waals surface area contributed by atoms with Crippen LogP contribution in [0.15, 0.2) is 174 Å². The van der Waals surface area contributed by atoms with Gasteiger partial charge in [0, 0.05) is 10.9 Å². The molecule has 7 aromatic carbocycles. The first-order valence-electron chi connectivity index (χ1n) is 17.3. The number of benzene rings is 7. The van der Waals surface area contributed by atoms with Crippen molar-refractivity contribution in [1.29, 1.82) is 10.5 Å². The van der Waals surface area contributed by atoms with E-state index in [2.05, 4.69) is 137 Å². The van der Waals surface area contributed by atoms with E-state index in [1.54, 1.807) is 0 Å². The monoisotopic (exact) mass is 676 g/mol. The Morgan fingerprint density at radius 1 is 0.377 bits per heavy atom. The molecule has 0 aliphatic heterocycles. The van der Waals surface area contributed by atoms with Gasteiger partial charge in [-0.05, 0) is 110 Å². The highest BCUT2D eigenvalue weighted by atomic mass is 16.3. The molecule has 0 unspecified atom stereocenters. The van der Waals surface area contributed by atoms with Crippen LogP contribution in [0, 0.1) is 22.7 Å². The average molecular weight is 677 g/mol. The topological polar surface area (TPSA) is 86.5 Å². The van der Waals surface area contributed by atoms with Crippen LogP contribution >= 0.6 is 0 Å². The third kappa shape index (κ3) is 5.89. The van der Waals surface area contributed by atoms with Gasteiger partial charge in [-0.15, -0.1) is 0 Å². The Labute approximate surface area is 306 Å². The van der Waals surface area contributed by atoms with E-state index in [0.29, 0.717) is 16.5 Å². The minimum absolute atomic E-state index is 0.0238. The van der Waals surface area contributed by atoms with Crippen LogP contribution in [0.4, 0.5) is 0 Å². The fourth-order valence-corrected chi connectivity index (χ4v) is 7.02. The standard InChI is InChI=1S/C48H28N4O/c49-29-44-48-46(52-45(30-50)51-44)43-28-40(39-23-35(31-13-5-1-6-14-31)21-36(24-39)32-15-7-2-8-16-32)27-42(47(43)53-48)41-25-37(33-17-9-3-10-18-33)22-38(26-41)34-19-11-4-12-20-34/h1-28H. The summed E-state index contributed by atoms with van der Waals surface area (Å²) in [5, 5.41) is 20.6. The lowest BCUT2D eigenvalue weighted by Gasteiger charge is -2.15. The summed E-state index contributed by atoms with van der Waals surface area (Å²) < 4.78 is 6.57. The molecule has 5 heteroatoms. The number of furan rings is 1. The predicted octanol–water partition coefficient (Wildman–Crippen LogP) is 12.1. The lowest BCUT2D eigenvalue weighted by atomic mass is 9.89. The van der Waals surface area contributed by atoms with Crippen molar-refractivity contribution in [2.45, 2.75) is 0 Å². The zero-order chi connectivity index (χ0) is 35.7. The first-order chi connectivity index (χ1) is 26.1. The zero-order valence-corrected chi connectivity index (χ0v) is 28.4. The van der Waals surface area contributed by atoms with Crippen molar-refractivity contribution in [1.82, 2.24) is 9.97 Å². The van der Waals surface area contributed by atoms with E-state index < -0.39 is 0 Å². The molecule has 0 saturated heterocycles. The van der Waals surface area contributed by atoms with Gasteiger partial charge >= 0.3 is 0 Å². The van der Waals surface area contributed by atoms with E-state index in [4.69, 9.17) is 4.42 Å². The van der Waals surface area contributed by atoms with Crippen molar-refractivity contribution in [3.05, 3.63) is 181 Å². The number of nitriles is 2. The Morgan fingerprint density at radius 2 is 0.774 bits per heavy atom. The summed E-state index contributed by atoms with van der Waals surface area (Å²) in [6.07, 6.45) is 0. The molecule has 5 nitrogen and oxygen atoms in total. The molecule has 2 heterocycles. The van der Waals surface area contributed by atoms with Crippen molar-refractivity contribution in [2.75, 3.05) is 0 Å². The van der Waals surface area contributed by atoms with Gasteiger partial charge in [0.15, 0.2) is 11.3 Å². The fourth-order valence-electron chi connectivity index (χ4n) is 7.02. The van der Waals surface area contributed by atoms with Gasteiger partial charge in [-0.1, -0.05) is 121 Å². The maximum Gasteiger partial charge on any atom is 0.234 e. The number of aromatic nitrogens is 2. The van der Waals surface area contributed by atoms with Crippen molar-refractivity contribution in [3.63, 3.8) is 0 Å². The van der Waals surface area contributed by atoms with Gasteiger partial charge in [-0.25, -0.2) is 9.97 Å². The van der Waals surface area contributed by atoms with Crippen molar-refractivity contribution in [2.24, 2.45) is 0 Å². The number of hydrogen-bond donors (Lipinski definition) is 0. The Balaban J connectivity index is 1.37. The van der Waals surface area contributed by atoms with Crippen LogP contribution in [0.5, 0.6) is 0 Å². The molecule has 0 spiro atoms. The summed E-state index contributed by atoms with van der Waals surface area (Å²) in [6, 6.07) is 63.0. The zero-order valence-electron chi connectivity index (χ0n) is 28.4. The second-order valence-electron chi connectivity index (χ2n) is 12.9. The van der Waals surface area contributed by atoms with E-state index in [-0.39, 0.29) is 17.1 Å². The van der Waals surface area contributed by atoms with Gasteiger partial charge in [-0.3, -0.25) is 0 Å². The van der Waals surface area contributed by atoms with Gasteiger partial charge in [-0.2, -0.15) is 10.5 Å². The molecule has 53 heavy (non-hydrogen) atoms. The van der Waals surface area contributed by atoms with Gasteiger partial charge in [0.05, 0.1) is 0 Å². The van der Waals surface area contributed by atoms with Crippen LogP contribution in [-0.2, 0) is 0 Å². The fraction of sp³-hybridized carbons (Fsp3) is 0. The molecule has 0 aliphatic carbocycles. The van der Waals surface area contributed by atoms with E-state index in [1.165, 1.54) is 0 Å². The third-order valence-corrected chi connectivity index (χ3v) is 9.56. The van der Waals surface area contributed by atoms with Crippen LogP contribution < -0.4 is 0 Å². The second kappa shape index (κ2) is 13.3. The van der Waals surface area contributed by atoms with E-state index >= 15 is 0 Å². The van der Waals surface area contributed by atoms with Crippen LogP contribution in [0.1, 0.15) is 11.5 Å². The highest BCUT2D eigenvalue weighted by Crippen LogP contribution is 2.43. The largest absolute Gasteiger partial charge is 0.451 e. The number of fused-ring (bicyclic) bond motifs is 3. The smallest absolute Gasteiger partial charge is 0.234 e. The summed E-state index contributed by atoms with van der Waals surface area (Å²) >= 11 is 0. The third-order valence-electron chi connectivity index (χ3n) is 9.56. The SMILES string of the molecule is N#Cc1nc(C#N)c2oc3c(-c4cc(-c5ccccc5)cc(-c5ccccc5)c4)cc(-c4cc(-c5ccccc5)cc(-c5ccccc5)c4)cc3c2n1. The van der Waals surface area contributed by atoms with E-state index in [9.17, 15) is 10.5 Å². The maximum absolute atomic E-state index is 10.1. The van der Waals surface area contributed by atoms with Crippen LogP contribution in [0.25, 0.3) is 88.8 Å². The molecule has 246 valence electrons. The highest BCUT2D eigenvalue weighted by molar-refractivity contribution is 6.11. The minimum atomic E-state index is -0.0846. The molecule has 0 N–H and O–H groups in total. The van der Waals surface area contributed by atoms with Crippen LogP contribution in [0.3, 0.4) is 0 Å². The van der Waals surface area contributed by atoms with Gasteiger partial charge in [0.25, 0.3) is 0 Å². The normalized spacial score (nSPS) is 11.0. The summed E-state index contributed by atoms with van der Waals surface area (Å²) in [4.78, 5) is 8.79. The molecule has 0 aliphatic rings. The first-order valence-corrected chi connectivity index (χ1v) is 17.3. The number of hydrogen-bond acceptors (Lipinski definition) is 5. The summed E-state index contributed by atoms with van der Waals surface area (Å²) in [5.74, 6) is -0.0846. The summed E-state index contributed by atoms with van der Waals surface area (Å²) in [7, 11) is 0. The quantitative estimate of drug-likeness (QED) is 0.175.